The fourth-order valence-electron chi connectivity index (χ4n) is 4.41. The molecule has 2 saturated heterocycles. The number of nitrogens with zero attached hydrogens (tertiary/aromatic N) is 1. The van der Waals surface area contributed by atoms with Gasteiger partial charge in [-0.15, -0.1) is 0 Å². The molecular formula is C16H30N2O. The molecule has 3 aliphatic rings. The standard InChI is InChI=1S/C16H30N2O/c1-3-17-16-7-4-12(2)8-13(16)9-18-10-14-5-6-15(11-18)19-14/h12-17H,3-11H2,1-2H3. The molecule has 3 nitrogen and oxygen atoms in total. The average Bonchev–Trinajstić information content (AvgIpc) is 2.72. The second-order valence-electron chi connectivity index (χ2n) is 7.02. The van der Waals surface area contributed by atoms with Crippen molar-refractivity contribution in [2.24, 2.45) is 11.8 Å². The highest BCUT2D eigenvalue weighted by atomic mass is 16.5. The van der Waals surface area contributed by atoms with E-state index >= 15 is 0 Å². The van der Waals surface area contributed by atoms with E-state index in [9.17, 15) is 0 Å². The monoisotopic (exact) mass is 266 g/mol. The minimum absolute atomic E-state index is 0.539. The quantitative estimate of drug-likeness (QED) is 0.845. The summed E-state index contributed by atoms with van der Waals surface area (Å²) in [6, 6.07) is 0.752. The van der Waals surface area contributed by atoms with Gasteiger partial charge < -0.3 is 10.1 Å². The lowest BCUT2D eigenvalue weighted by molar-refractivity contribution is -0.0463. The van der Waals surface area contributed by atoms with Crippen LogP contribution in [-0.4, -0.2) is 49.3 Å². The molecular weight excluding hydrogens is 236 g/mol. The molecule has 1 N–H and O–H groups in total. The Morgan fingerprint density at radius 2 is 1.84 bits per heavy atom. The maximum Gasteiger partial charge on any atom is 0.0707 e. The fraction of sp³-hybridized carbons (Fsp3) is 1.00. The molecule has 0 aromatic heterocycles. The lowest BCUT2D eigenvalue weighted by Gasteiger charge is -2.40. The van der Waals surface area contributed by atoms with Crippen molar-refractivity contribution in [3.63, 3.8) is 0 Å². The highest BCUT2D eigenvalue weighted by Gasteiger charge is 2.36. The summed E-state index contributed by atoms with van der Waals surface area (Å²) in [7, 11) is 0. The highest BCUT2D eigenvalue weighted by Crippen LogP contribution is 2.32. The number of fused-ring (bicyclic) bond motifs is 2. The molecule has 3 fully saturated rings. The van der Waals surface area contributed by atoms with Gasteiger partial charge in [0.2, 0.25) is 0 Å². The maximum absolute atomic E-state index is 5.95. The summed E-state index contributed by atoms with van der Waals surface area (Å²) in [5.41, 5.74) is 0. The summed E-state index contributed by atoms with van der Waals surface area (Å²) in [5.74, 6) is 1.76. The van der Waals surface area contributed by atoms with Crippen molar-refractivity contribution in [2.75, 3.05) is 26.2 Å². The lowest BCUT2D eigenvalue weighted by atomic mass is 9.78. The second kappa shape index (κ2) is 6.11. The van der Waals surface area contributed by atoms with Gasteiger partial charge in [-0.3, -0.25) is 4.90 Å². The number of ether oxygens (including phenoxy) is 1. The van der Waals surface area contributed by atoms with E-state index < -0.39 is 0 Å². The molecule has 5 atom stereocenters. The van der Waals surface area contributed by atoms with Crippen molar-refractivity contribution in [1.29, 1.82) is 0 Å². The Morgan fingerprint density at radius 1 is 1.11 bits per heavy atom. The third-order valence-corrected chi connectivity index (χ3v) is 5.32. The van der Waals surface area contributed by atoms with E-state index in [4.69, 9.17) is 4.74 Å². The van der Waals surface area contributed by atoms with E-state index in [-0.39, 0.29) is 0 Å². The summed E-state index contributed by atoms with van der Waals surface area (Å²) in [5, 5.41) is 3.72. The van der Waals surface area contributed by atoms with Gasteiger partial charge in [-0.1, -0.05) is 13.8 Å². The van der Waals surface area contributed by atoms with E-state index in [1.165, 1.54) is 51.7 Å². The first-order valence-corrected chi connectivity index (χ1v) is 8.35. The predicted molar refractivity (Wildman–Crippen MR) is 78.3 cm³/mol. The van der Waals surface area contributed by atoms with E-state index in [0.717, 1.165) is 24.4 Å². The molecule has 1 aliphatic carbocycles. The largest absolute Gasteiger partial charge is 0.372 e. The van der Waals surface area contributed by atoms with Crippen molar-refractivity contribution < 1.29 is 4.74 Å². The third-order valence-electron chi connectivity index (χ3n) is 5.32. The second-order valence-corrected chi connectivity index (χ2v) is 7.02. The van der Waals surface area contributed by atoms with E-state index in [2.05, 4.69) is 24.1 Å². The van der Waals surface area contributed by atoms with Gasteiger partial charge in [-0.05, 0) is 50.5 Å². The van der Waals surface area contributed by atoms with Crippen LogP contribution in [0, 0.1) is 11.8 Å². The van der Waals surface area contributed by atoms with E-state index in [1.54, 1.807) is 0 Å². The first-order chi connectivity index (χ1) is 9.24. The Morgan fingerprint density at radius 3 is 2.53 bits per heavy atom. The Balaban J connectivity index is 1.56. The zero-order valence-electron chi connectivity index (χ0n) is 12.6. The molecule has 0 amide bonds. The van der Waals surface area contributed by atoms with Gasteiger partial charge in [0.15, 0.2) is 0 Å². The van der Waals surface area contributed by atoms with Gasteiger partial charge in [-0.2, -0.15) is 0 Å². The van der Waals surface area contributed by atoms with Gasteiger partial charge in [0, 0.05) is 25.7 Å². The molecule has 110 valence electrons. The third kappa shape index (κ3) is 3.32. The molecule has 3 rings (SSSR count). The van der Waals surface area contributed by atoms with Gasteiger partial charge in [0.05, 0.1) is 12.2 Å². The Kier molecular flexibility index (Phi) is 4.45. The highest BCUT2D eigenvalue weighted by molar-refractivity contribution is 4.90. The van der Waals surface area contributed by atoms with Crippen molar-refractivity contribution in [1.82, 2.24) is 10.2 Å². The smallest absolute Gasteiger partial charge is 0.0707 e. The van der Waals surface area contributed by atoms with Crippen molar-refractivity contribution in [3.8, 4) is 0 Å². The molecule has 0 aromatic rings. The predicted octanol–water partition coefficient (Wildman–Crippen LogP) is 2.26. The van der Waals surface area contributed by atoms with Crippen LogP contribution >= 0.6 is 0 Å². The molecule has 3 heteroatoms. The van der Waals surface area contributed by atoms with Crippen LogP contribution in [0.3, 0.4) is 0 Å². The Labute approximate surface area is 118 Å². The lowest BCUT2D eigenvalue weighted by Crippen LogP contribution is -2.50. The van der Waals surface area contributed by atoms with Crippen LogP contribution in [0.25, 0.3) is 0 Å². The minimum atomic E-state index is 0.539. The minimum Gasteiger partial charge on any atom is -0.372 e. The van der Waals surface area contributed by atoms with Gasteiger partial charge in [0.25, 0.3) is 0 Å². The average molecular weight is 266 g/mol. The summed E-state index contributed by atoms with van der Waals surface area (Å²) in [6.45, 7) is 9.44. The van der Waals surface area contributed by atoms with Crippen LogP contribution in [0.15, 0.2) is 0 Å². The Hall–Kier alpha value is -0.120. The molecule has 1 saturated carbocycles. The van der Waals surface area contributed by atoms with Crippen LogP contribution in [-0.2, 0) is 4.74 Å². The van der Waals surface area contributed by atoms with Gasteiger partial charge in [-0.25, -0.2) is 0 Å². The fourth-order valence-corrected chi connectivity index (χ4v) is 4.41. The molecule has 0 radical (unpaired) electrons. The summed E-state index contributed by atoms with van der Waals surface area (Å²) >= 11 is 0. The molecule has 19 heavy (non-hydrogen) atoms. The zero-order valence-corrected chi connectivity index (χ0v) is 12.6. The van der Waals surface area contributed by atoms with E-state index in [0.29, 0.717) is 12.2 Å². The van der Waals surface area contributed by atoms with Gasteiger partial charge in [0.1, 0.15) is 0 Å². The number of hydrogen-bond donors (Lipinski definition) is 1. The van der Waals surface area contributed by atoms with Crippen LogP contribution in [0.2, 0.25) is 0 Å². The molecule has 2 aliphatic heterocycles. The molecule has 0 aromatic carbocycles. The SMILES string of the molecule is CCNC1CCC(C)CC1CN1CC2CCC(C1)O2. The number of hydrogen-bond acceptors (Lipinski definition) is 3. The molecule has 2 heterocycles. The number of morpholine rings is 1. The normalized spacial score (nSPS) is 43.6. The molecule has 5 unspecified atom stereocenters. The van der Waals surface area contributed by atoms with Crippen LogP contribution in [0.4, 0.5) is 0 Å². The van der Waals surface area contributed by atoms with Crippen LogP contribution in [0.1, 0.15) is 46.0 Å². The van der Waals surface area contributed by atoms with Crippen molar-refractivity contribution >= 4 is 0 Å². The molecule has 0 spiro atoms. The summed E-state index contributed by atoms with van der Waals surface area (Å²) in [6.07, 6.45) is 7.84. The number of rotatable bonds is 4. The zero-order chi connectivity index (χ0) is 13.2. The first-order valence-electron chi connectivity index (χ1n) is 8.35. The number of likely N-dealkylation sites (tertiary alicyclic amines) is 1. The Bertz CT molecular complexity index is 284. The summed E-state index contributed by atoms with van der Waals surface area (Å²) < 4.78 is 5.95. The van der Waals surface area contributed by atoms with Crippen molar-refractivity contribution in [2.45, 2.75) is 64.2 Å². The van der Waals surface area contributed by atoms with Crippen LogP contribution in [0.5, 0.6) is 0 Å². The van der Waals surface area contributed by atoms with Crippen LogP contribution < -0.4 is 5.32 Å². The molecule has 2 bridgehead atoms. The topological polar surface area (TPSA) is 24.5 Å². The maximum atomic E-state index is 5.95. The van der Waals surface area contributed by atoms with Crippen molar-refractivity contribution in [3.05, 3.63) is 0 Å². The van der Waals surface area contributed by atoms with E-state index in [1.807, 2.05) is 0 Å². The number of nitrogens with one attached hydrogen (secondary N) is 1. The summed E-state index contributed by atoms with van der Waals surface area (Å²) in [4.78, 5) is 2.69. The van der Waals surface area contributed by atoms with Gasteiger partial charge >= 0.3 is 0 Å². The first kappa shape index (κ1) is 13.8.